The molecular weight excluding hydrogens is 324 g/mol. The monoisotopic (exact) mass is 338 g/mol. The third-order valence-corrected chi connectivity index (χ3v) is 3.79. The van der Waals surface area contributed by atoms with Crippen LogP contribution in [-0.2, 0) is 11.3 Å². The van der Waals surface area contributed by atoms with Gasteiger partial charge in [0, 0.05) is 11.0 Å². The number of fused-ring (bicyclic) bond motifs is 1. The summed E-state index contributed by atoms with van der Waals surface area (Å²) in [7, 11) is 0. The molecule has 0 amide bonds. The van der Waals surface area contributed by atoms with Crippen molar-refractivity contribution in [3.8, 4) is 0 Å². The van der Waals surface area contributed by atoms with Crippen LogP contribution in [0, 0.1) is 11.8 Å². The first-order valence-corrected chi connectivity index (χ1v) is 7.07. The molecular formula is C14H15BrN2O3. The molecule has 2 aromatic rings. The van der Waals surface area contributed by atoms with Gasteiger partial charge in [-0.15, -0.1) is 0 Å². The normalized spacial score (nSPS) is 12.8. The van der Waals surface area contributed by atoms with Crippen molar-refractivity contribution in [2.75, 3.05) is 0 Å². The predicted octanol–water partition coefficient (Wildman–Crippen LogP) is 2.52. The molecule has 0 bridgehead atoms. The molecule has 5 nitrogen and oxygen atoms in total. The maximum absolute atomic E-state index is 12.4. The molecule has 1 aromatic heterocycles. The van der Waals surface area contributed by atoms with Crippen molar-refractivity contribution in [2.24, 2.45) is 11.8 Å². The summed E-state index contributed by atoms with van der Waals surface area (Å²) in [6, 6.07) is 5.27. The lowest BCUT2D eigenvalue weighted by Gasteiger charge is -2.17. The van der Waals surface area contributed by atoms with Gasteiger partial charge in [-0.1, -0.05) is 29.8 Å². The summed E-state index contributed by atoms with van der Waals surface area (Å²) in [5.41, 5.74) is 0.383. The lowest BCUT2D eigenvalue weighted by molar-refractivity contribution is -0.143. The van der Waals surface area contributed by atoms with E-state index in [1.54, 1.807) is 12.1 Å². The highest BCUT2D eigenvalue weighted by atomic mass is 79.9. The van der Waals surface area contributed by atoms with Crippen LogP contribution in [0.5, 0.6) is 0 Å². The SMILES string of the molecule is CC(C)C(Cn1cnc2ccc(Br)cc2c1=O)C(=O)O. The molecule has 0 aliphatic carbocycles. The standard InChI is InChI=1S/C14H15BrN2O3/c1-8(2)11(14(19)20)6-17-7-16-12-4-3-9(15)5-10(12)13(17)18/h3-5,7-8,11H,6H2,1-2H3,(H,19,20). The summed E-state index contributed by atoms with van der Waals surface area (Å²) in [6.45, 7) is 3.78. The number of carboxylic acids is 1. The van der Waals surface area contributed by atoms with Crippen LogP contribution in [0.2, 0.25) is 0 Å². The first-order chi connectivity index (χ1) is 9.40. The number of hydrogen-bond donors (Lipinski definition) is 1. The van der Waals surface area contributed by atoms with Crippen molar-refractivity contribution < 1.29 is 9.90 Å². The van der Waals surface area contributed by atoms with Gasteiger partial charge in [0.15, 0.2) is 0 Å². The van der Waals surface area contributed by atoms with Crippen LogP contribution in [0.3, 0.4) is 0 Å². The predicted molar refractivity (Wildman–Crippen MR) is 79.7 cm³/mol. The molecule has 0 fully saturated rings. The van der Waals surface area contributed by atoms with Crippen LogP contribution in [-0.4, -0.2) is 20.6 Å². The third kappa shape index (κ3) is 2.90. The highest BCUT2D eigenvalue weighted by Crippen LogP contribution is 2.16. The molecule has 0 radical (unpaired) electrons. The van der Waals surface area contributed by atoms with Gasteiger partial charge in [0.2, 0.25) is 0 Å². The van der Waals surface area contributed by atoms with E-state index in [9.17, 15) is 14.7 Å². The fourth-order valence-corrected chi connectivity index (χ4v) is 2.41. The Balaban J connectivity index is 2.48. The van der Waals surface area contributed by atoms with Crippen molar-refractivity contribution in [2.45, 2.75) is 20.4 Å². The second kappa shape index (κ2) is 5.75. The Morgan fingerprint density at radius 2 is 2.15 bits per heavy atom. The topological polar surface area (TPSA) is 72.2 Å². The second-order valence-corrected chi connectivity index (χ2v) is 5.97. The first kappa shape index (κ1) is 14.7. The first-order valence-electron chi connectivity index (χ1n) is 6.27. The van der Waals surface area contributed by atoms with Crippen LogP contribution >= 0.6 is 15.9 Å². The number of halogens is 1. The Morgan fingerprint density at radius 1 is 1.45 bits per heavy atom. The molecule has 106 valence electrons. The van der Waals surface area contributed by atoms with Gasteiger partial charge in [-0.05, 0) is 24.1 Å². The Labute approximate surface area is 124 Å². The average molecular weight is 339 g/mol. The molecule has 1 unspecified atom stereocenters. The maximum Gasteiger partial charge on any atom is 0.308 e. The number of aromatic nitrogens is 2. The summed E-state index contributed by atoms with van der Waals surface area (Å²) in [5.74, 6) is -1.57. The van der Waals surface area contributed by atoms with Gasteiger partial charge in [-0.3, -0.25) is 14.2 Å². The van der Waals surface area contributed by atoms with Gasteiger partial charge in [0.25, 0.3) is 5.56 Å². The van der Waals surface area contributed by atoms with E-state index in [1.165, 1.54) is 10.9 Å². The maximum atomic E-state index is 12.4. The van der Waals surface area contributed by atoms with Crippen molar-refractivity contribution in [1.29, 1.82) is 0 Å². The summed E-state index contributed by atoms with van der Waals surface area (Å²) in [6.07, 6.45) is 1.41. The molecule has 1 heterocycles. The average Bonchev–Trinajstić information content (AvgIpc) is 2.37. The zero-order valence-corrected chi connectivity index (χ0v) is 12.8. The van der Waals surface area contributed by atoms with Crippen molar-refractivity contribution >= 4 is 32.8 Å². The molecule has 6 heteroatoms. The lowest BCUT2D eigenvalue weighted by atomic mass is 9.96. The van der Waals surface area contributed by atoms with E-state index < -0.39 is 11.9 Å². The molecule has 1 aromatic carbocycles. The Morgan fingerprint density at radius 3 is 2.75 bits per heavy atom. The Kier molecular flexibility index (Phi) is 4.23. The molecule has 2 rings (SSSR count). The van der Waals surface area contributed by atoms with E-state index in [4.69, 9.17) is 0 Å². The van der Waals surface area contributed by atoms with Gasteiger partial charge in [0.1, 0.15) is 0 Å². The number of benzene rings is 1. The zero-order valence-electron chi connectivity index (χ0n) is 11.2. The molecule has 0 aliphatic rings. The minimum atomic E-state index is -0.902. The highest BCUT2D eigenvalue weighted by molar-refractivity contribution is 9.10. The number of carbonyl (C=O) groups is 1. The number of nitrogens with zero attached hydrogens (tertiary/aromatic N) is 2. The summed E-state index contributed by atoms with van der Waals surface area (Å²) < 4.78 is 2.16. The van der Waals surface area contributed by atoms with E-state index in [-0.39, 0.29) is 18.0 Å². The molecule has 0 aliphatic heterocycles. The van der Waals surface area contributed by atoms with Gasteiger partial charge < -0.3 is 5.11 Å². The summed E-state index contributed by atoms with van der Waals surface area (Å²) in [4.78, 5) is 27.8. The lowest BCUT2D eigenvalue weighted by Crippen LogP contribution is -2.31. The van der Waals surface area contributed by atoms with E-state index >= 15 is 0 Å². The Hall–Kier alpha value is -1.69. The number of hydrogen-bond acceptors (Lipinski definition) is 3. The van der Waals surface area contributed by atoms with Crippen LogP contribution in [0.1, 0.15) is 13.8 Å². The minimum absolute atomic E-state index is 0.0578. The minimum Gasteiger partial charge on any atom is -0.481 e. The molecule has 0 spiro atoms. The number of carboxylic acid groups (broad SMARTS) is 1. The van der Waals surface area contributed by atoms with Gasteiger partial charge >= 0.3 is 5.97 Å². The molecule has 20 heavy (non-hydrogen) atoms. The molecule has 0 saturated heterocycles. The number of rotatable bonds is 4. The summed E-state index contributed by atoms with van der Waals surface area (Å²) >= 11 is 3.32. The van der Waals surface area contributed by atoms with E-state index in [0.29, 0.717) is 10.9 Å². The van der Waals surface area contributed by atoms with Crippen LogP contribution in [0.4, 0.5) is 0 Å². The molecule has 1 atom stereocenters. The quantitative estimate of drug-likeness (QED) is 0.929. The smallest absolute Gasteiger partial charge is 0.308 e. The van der Waals surface area contributed by atoms with Gasteiger partial charge in [-0.2, -0.15) is 0 Å². The van der Waals surface area contributed by atoms with Gasteiger partial charge in [0.05, 0.1) is 23.1 Å². The molecule has 1 N–H and O–H groups in total. The fourth-order valence-electron chi connectivity index (χ4n) is 2.05. The number of aliphatic carboxylic acids is 1. The van der Waals surface area contributed by atoms with Gasteiger partial charge in [-0.25, -0.2) is 4.98 Å². The third-order valence-electron chi connectivity index (χ3n) is 3.30. The largest absolute Gasteiger partial charge is 0.481 e. The highest BCUT2D eigenvalue weighted by Gasteiger charge is 2.22. The second-order valence-electron chi connectivity index (χ2n) is 5.05. The van der Waals surface area contributed by atoms with Crippen molar-refractivity contribution in [1.82, 2.24) is 9.55 Å². The van der Waals surface area contributed by atoms with E-state index in [0.717, 1.165) is 4.47 Å². The van der Waals surface area contributed by atoms with Crippen LogP contribution in [0.25, 0.3) is 10.9 Å². The van der Waals surface area contributed by atoms with Crippen molar-refractivity contribution in [3.63, 3.8) is 0 Å². The molecule has 0 saturated carbocycles. The fraction of sp³-hybridized carbons (Fsp3) is 0.357. The van der Waals surface area contributed by atoms with Crippen LogP contribution in [0.15, 0.2) is 33.8 Å². The van der Waals surface area contributed by atoms with E-state index in [2.05, 4.69) is 20.9 Å². The van der Waals surface area contributed by atoms with Crippen LogP contribution < -0.4 is 5.56 Å². The Bertz CT molecular complexity index is 709. The van der Waals surface area contributed by atoms with Crippen molar-refractivity contribution in [3.05, 3.63) is 39.4 Å². The summed E-state index contributed by atoms with van der Waals surface area (Å²) in [5, 5.41) is 9.69. The zero-order chi connectivity index (χ0) is 14.9. The van der Waals surface area contributed by atoms with E-state index in [1.807, 2.05) is 19.9 Å².